The summed E-state index contributed by atoms with van der Waals surface area (Å²) in [6, 6.07) is 5.19. The maximum absolute atomic E-state index is 11.8. The fraction of sp³-hybridized carbons (Fsp3) is 0.333. The third-order valence-electron chi connectivity index (χ3n) is 3.03. The van der Waals surface area contributed by atoms with Crippen LogP contribution in [0.25, 0.3) is 0 Å². The summed E-state index contributed by atoms with van der Waals surface area (Å²) in [4.78, 5) is 24.9. The number of fused-ring (bicyclic) bond motifs is 1. The highest BCUT2D eigenvalue weighted by Crippen LogP contribution is 2.36. The second kappa shape index (κ2) is 4.08. The smallest absolute Gasteiger partial charge is 0.313 e. The van der Waals surface area contributed by atoms with Crippen LogP contribution in [0.4, 0.5) is 11.4 Å². The Hall–Kier alpha value is -2.04. The summed E-state index contributed by atoms with van der Waals surface area (Å²) < 4.78 is 4.72. The van der Waals surface area contributed by atoms with Gasteiger partial charge in [-0.2, -0.15) is 0 Å². The molecule has 1 aromatic carbocycles. The zero-order valence-corrected chi connectivity index (χ0v) is 9.77. The van der Waals surface area contributed by atoms with E-state index >= 15 is 0 Å². The monoisotopic (exact) mass is 234 g/mol. The Morgan fingerprint density at radius 2 is 2.24 bits per heavy atom. The number of methoxy groups -OCH3 is 1. The Morgan fingerprint density at radius 3 is 2.88 bits per heavy atom. The lowest BCUT2D eigenvalue weighted by atomic mass is 9.89. The van der Waals surface area contributed by atoms with Gasteiger partial charge in [-0.05, 0) is 17.7 Å². The first-order chi connectivity index (χ1) is 8.04. The Balaban J connectivity index is 2.53. The number of esters is 1. The lowest BCUT2D eigenvalue weighted by Gasteiger charge is -2.30. The van der Waals surface area contributed by atoms with Crippen molar-refractivity contribution < 1.29 is 14.3 Å². The van der Waals surface area contributed by atoms with Gasteiger partial charge in [-0.3, -0.25) is 9.59 Å². The third-order valence-corrected chi connectivity index (χ3v) is 3.03. The molecule has 2 N–H and O–H groups in total. The van der Waals surface area contributed by atoms with Gasteiger partial charge in [0.05, 0.1) is 13.0 Å². The molecule has 0 radical (unpaired) electrons. The van der Waals surface area contributed by atoms with Crippen LogP contribution < -0.4 is 10.6 Å². The molecular weight excluding hydrogens is 220 g/mol. The van der Waals surface area contributed by atoms with E-state index in [0.29, 0.717) is 11.4 Å². The molecule has 1 heterocycles. The predicted molar refractivity (Wildman–Crippen MR) is 63.6 cm³/mol. The van der Waals surface area contributed by atoms with Crippen LogP contribution in [0, 0.1) is 0 Å². The van der Waals surface area contributed by atoms with Gasteiger partial charge in [0.25, 0.3) is 0 Å². The first-order valence-corrected chi connectivity index (χ1v) is 5.28. The van der Waals surface area contributed by atoms with Crippen molar-refractivity contribution in [1.82, 2.24) is 0 Å². The third kappa shape index (κ3) is 1.84. The van der Waals surface area contributed by atoms with E-state index in [-0.39, 0.29) is 12.3 Å². The van der Waals surface area contributed by atoms with Gasteiger partial charge in [0.2, 0.25) is 5.91 Å². The molecule has 0 aromatic heterocycles. The minimum Gasteiger partial charge on any atom is -0.469 e. The van der Waals surface area contributed by atoms with Crippen molar-refractivity contribution in [2.24, 2.45) is 0 Å². The lowest BCUT2D eigenvalue weighted by molar-refractivity contribution is -0.144. The lowest BCUT2D eigenvalue weighted by Crippen LogP contribution is -2.35. The van der Waals surface area contributed by atoms with Crippen molar-refractivity contribution >= 4 is 23.3 Å². The fourth-order valence-corrected chi connectivity index (χ4v) is 2.05. The molecule has 0 bridgehead atoms. The Morgan fingerprint density at radius 1 is 1.53 bits per heavy atom. The highest BCUT2D eigenvalue weighted by Gasteiger charge is 2.34. The van der Waals surface area contributed by atoms with E-state index in [0.717, 1.165) is 5.56 Å². The van der Waals surface area contributed by atoms with Crippen LogP contribution in [0.2, 0.25) is 0 Å². The van der Waals surface area contributed by atoms with E-state index in [1.807, 2.05) is 0 Å². The number of carbonyl (C=O) groups is 2. The molecule has 5 nitrogen and oxygen atoms in total. The standard InChI is InChI=1S/C12H14N2O3/c1-14-10-5-7(13)3-4-8(10)9(6-11(14)15)12(16)17-2/h3-5,9H,6,13H2,1-2H3. The van der Waals surface area contributed by atoms with Crippen LogP contribution in [0.1, 0.15) is 17.9 Å². The van der Waals surface area contributed by atoms with Gasteiger partial charge >= 0.3 is 5.97 Å². The van der Waals surface area contributed by atoms with Crippen LogP contribution in [0.15, 0.2) is 18.2 Å². The van der Waals surface area contributed by atoms with Gasteiger partial charge in [0, 0.05) is 24.8 Å². The summed E-state index contributed by atoms with van der Waals surface area (Å²) in [5.74, 6) is -1.03. The summed E-state index contributed by atoms with van der Waals surface area (Å²) in [7, 11) is 3.00. The van der Waals surface area contributed by atoms with Crippen molar-refractivity contribution in [3.8, 4) is 0 Å². The average molecular weight is 234 g/mol. The molecule has 0 saturated carbocycles. The maximum Gasteiger partial charge on any atom is 0.313 e. The van der Waals surface area contributed by atoms with Gasteiger partial charge < -0.3 is 15.4 Å². The molecule has 0 spiro atoms. The van der Waals surface area contributed by atoms with Crippen molar-refractivity contribution in [3.63, 3.8) is 0 Å². The number of anilines is 2. The second-order valence-electron chi connectivity index (χ2n) is 4.05. The van der Waals surface area contributed by atoms with Crippen molar-refractivity contribution in [1.29, 1.82) is 0 Å². The zero-order chi connectivity index (χ0) is 12.6. The van der Waals surface area contributed by atoms with Crippen LogP contribution in [0.5, 0.6) is 0 Å². The molecule has 0 fully saturated rings. The second-order valence-corrected chi connectivity index (χ2v) is 4.05. The van der Waals surface area contributed by atoms with Gasteiger partial charge in [-0.15, -0.1) is 0 Å². The number of nitrogens with zero attached hydrogens (tertiary/aromatic N) is 1. The van der Waals surface area contributed by atoms with Crippen molar-refractivity contribution in [2.45, 2.75) is 12.3 Å². The molecule has 17 heavy (non-hydrogen) atoms. The number of ether oxygens (including phenoxy) is 1. The molecule has 5 heteroatoms. The molecule has 1 aliphatic rings. The predicted octanol–water partition coefficient (Wildman–Crippen LogP) is 0.892. The number of nitrogens with two attached hydrogens (primary N) is 1. The summed E-state index contributed by atoms with van der Waals surface area (Å²) in [5, 5.41) is 0. The van der Waals surface area contributed by atoms with E-state index in [1.165, 1.54) is 12.0 Å². The average Bonchev–Trinajstić information content (AvgIpc) is 2.33. The summed E-state index contributed by atoms with van der Waals surface area (Å²) in [5.41, 5.74) is 7.72. The topological polar surface area (TPSA) is 72.6 Å². The minimum atomic E-state index is -0.528. The first kappa shape index (κ1) is 11.4. The SMILES string of the molecule is COC(=O)C1CC(=O)N(C)c2cc(N)ccc21. The minimum absolute atomic E-state index is 0.112. The van der Waals surface area contributed by atoms with E-state index in [1.54, 1.807) is 25.2 Å². The van der Waals surface area contributed by atoms with Crippen LogP contribution >= 0.6 is 0 Å². The quantitative estimate of drug-likeness (QED) is 0.578. The molecule has 2 rings (SSSR count). The van der Waals surface area contributed by atoms with E-state index in [2.05, 4.69) is 0 Å². The fourth-order valence-electron chi connectivity index (χ4n) is 2.05. The van der Waals surface area contributed by atoms with E-state index < -0.39 is 11.9 Å². The molecule has 90 valence electrons. The molecule has 1 amide bonds. The Labute approximate surface area is 99.2 Å². The van der Waals surface area contributed by atoms with Gasteiger partial charge in [0.15, 0.2) is 0 Å². The van der Waals surface area contributed by atoms with Crippen LogP contribution in [-0.4, -0.2) is 26.0 Å². The van der Waals surface area contributed by atoms with E-state index in [9.17, 15) is 9.59 Å². The van der Waals surface area contributed by atoms with Crippen molar-refractivity contribution in [2.75, 3.05) is 24.8 Å². The number of benzene rings is 1. The number of amides is 1. The summed E-state index contributed by atoms with van der Waals surface area (Å²) >= 11 is 0. The van der Waals surface area contributed by atoms with Crippen LogP contribution in [-0.2, 0) is 14.3 Å². The molecular formula is C12H14N2O3. The number of hydrogen-bond acceptors (Lipinski definition) is 4. The van der Waals surface area contributed by atoms with E-state index in [4.69, 9.17) is 10.5 Å². The Kier molecular flexibility index (Phi) is 2.75. The van der Waals surface area contributed by atoms with Gasteiger partial charge in [-0.25, -0.2) is 0 Å². The Bertz CT molecular complexity index is 485. The van der Waals surface area contributed by atoms with Crippen molar-refractivity contribution in [3.05, 3.63) is 23.8 Å². The molecule has 1 unspecified atom stereocenters. The largest absolute Gasteiger partial charge is 0.469 e. The summed E-state index contributed by atoms with van der Waals surface area (Å²) in [6.07, 6.45) is 0.139. The van der Waals surface area contributed by atoms with Crippen LogP contribution in [0.3, 0.4) is 0 Å². The number of nitrogen functional groups attached to an aromatic ring is 1. The maximum atomic E-state index is 11.8. The molecule has 1 atom stereocenters. The normalized spacial score (nSPS) is 18.8. The molecule has 1 aromatic rings. The highest BCUT2D eigenvalue weighted by atomic mass is 16.5. The zero-order valence-electron chi connectivity index (χ0n) is 9.77. The summed E-state index contributed by atoms with van der Waals surface area (Å²) in [6.45, 7) is 0. The first-order valence-electron chi connectivity index (χ1n) is 5.28. The number of hydrogen-bond donors (Lipinski definition) is 1. The number of carbonyl (C=O) groups excluding carboxylic acids is 2. The van der Waals surface area contributed by atoms with Gasteiger partial charge in [-0.1, -0.05) is 6.07 Å². The number of rotatable bonds is 1. The molecule has 1 aliphatic heterocycles. The molecule has 0 aliphatic carbocycles. The van der Waals surface area contributed by atoms with Gasteiger partial charge in [0.1, 0.15) is 0 Å². The molecule has 0 saturated heterocycles. The highest BCUT2D eigenvalue weighted by molar-refractivity contribution is 6.01.